The van der Waals surface area contributed by atoms with E-state index in [2.05, 4.69) is 30.3 Å². The van der Waals surface area contributed by atoms with E-state index in [9.17, 15) is 0 Å². The molecule has 0 aliphatic heterocycles. The normalized spacial score (nSPS) is 13.1. The van der Waals surface area contributed by atoms with E-state index in [0.717, 1.165) is 25.4 Å². The second-order valence-corrected chi connectivity index (χ2v) is 3.91. The van der Waals surface area contributed by atoms with Crippen LogP contribution in [0, 0.1) is 5.92 Å². The summed E-state index contributed by atoms with van der Waals surface area (Å²) in [5.41, 5.74) is 1.29. The molecule has 0 amide bonds. The Balaban J connectivity index is 2.13. The molecule has 1 aromatic rings. The molecule has 1 rings (SSSR count). The molecule has 0 saturated carbocycles. The Morgan fingerprint density at radius 1 is 1.57 bits per heavy atom. The van der Waals surface area contributed by atoms with Crippen molar-refractivity contribution in [2.45, 2.75) is 26.7 Å². The first-order valence-corrected chi connectivity index (χ1v) is 5.41. The van der Waals surface area contributed by atoms with E-state index in [1.165, 1.54) is 12.1 Å². The van der Waals surface area contributed by atoms with Crippen LogP contribution in [0.3, 0.4) is 0 Å². The van der Waals surface area contributed by atoms with E-state index >= 15 is 0 Å². The van der Waals surface area contributed by atoms with Crippen molar-refractivity contribution in [2.24, 2.45) is 13.0 Å². The van der Waals surface area contributed by atoms with Crippen LogP contribution in [0.5, 0.6) is 0 Å². The Labute approximate surface area is 86.5 Å². The summed E-state index contributed by atoms with van der Waals surface area (Å²) < 4.78 is 1.94. The first-order valence-electron chi connectivity index (χ1n) is 5.41. The maximum Gasteiger partial charge on any atom is 0.0492 e. The van der Waals surface area contributed by atoms with Gasteiger partial charge in [-0.05, 0) is 18.5 Å². The summed E-state index contributed by atoms with van der Waals surface area (Å²) in [5.74, 6) is 0.779. The van der Waals surface area contributed by atoms with Crippen molar-refractivity contribution in [3.05, 3.63) is 18.0 Å². The monoisotopic (exact) mass is 195 g/mol. The van der Waals surface area contributed by atoms with Crippen LogP contribution in [0.25, 0.3) is 0 Å². The van der Waals surface area contributed by atoms with Crippen LogP contribution in [-0.2, 0) is 13.5 Å². The Bertz CT molecular complexity index is 255. The molecule has 0 radical (unpaired) electrons. The van der Waals surface area contributed by atoms with E-state index in [0.29, 0.717) is 0 Å². The molecular weight excluding hydrogens is 174 g/mol. The maximum atomic E-state index is 4.14. The number of hydrogen-bond donors (Lipinski definition) is 1. The van der Waals surface area contributed by atoms with Crippen LogP contribution < -0.4 is 5.32 Å². The molecule has 14 heavy (non-hydrogen) atoms. The summed E-state index contributed by atoms with van der Waals surface area (Å²) in [7, 11) is 1.99. The molecule has 0 aromatic carbocycles. The van der Waals surface area contributed by atoms with Gasteiger partial charge in [-0.2, -0.15) is 5.10 Å². The SMILES string of the molecule is CCC(C)CNCCc1ccnn1C. The fourth-order valence-corrected chi connectivity index (χ4v) is 1.36. The first kappa shape index (κ1) is 11.2. The van der Waals surface area contributed by atoms with Gasteiger partial charge in [0.2, 0.25) is 0 Å². The van der Waals surface area contributed by atoms with Crippen molar-refractivity contribution in [3.63, 3.8) is 0 Å². The van der Waals surface area contributed by atoms with Gasteiger partial charge in [-0.25, -0.2) is 0 Å². The van der Waals surface area contributed by atoms with E-state index in [-0.39, 0.29) is 0 Å². The molecule has 0 aliphatic rings. The number of nitrogens with zero attached hydrogens (tertiary/aromatic N) is 2. The second kappa shape index (κ2) is 5.81. The third-order valence-corrected chi connectivity index (χ3v) is 2.67. The zero-order valence-corrected chi connectivity index (χ0v) is 9.45. The summed E-state index contributed by atoms with van der Waals surface area (Å²) in [6, 6.07) is 2.07. The zero-order chi connectivity index (χ0) is 10.4. The summed E-state index contributed by atoms with van der Waals surface area (Å²) in [5, 5.41) is 7.60. The largest absolute Gasteiger partial charge is 0.316 e. The van der Waals surface area contributed by atoms with Gasteiger partial charge in [0.25, 0.3) is 0 Å². The minimum absolute atomic E-state index is 0.779. The van der Waals surface area contributed by atoms with Gasteiger partial charge < -0.3 is 5.32 Å². The van der Waals surface area contributed by atoms with Gasteiger partial charge in [-0.15, -0.1) is 0 Å². The van der Waals surface area contributed by atoms with Crippen LogP contribution in [0.15, 0.2) is 12.3 Å². The molecule has 3 nitrogen and oxygen atoms in total. The highest BCUT2D eigenvalue weighted by molar-refractivity contribution is 5.00. The van der Waals surface area contributed by atoms with E-state index in [1.807, 2.05) is 17.9 Å². The number of aryl methyl sites for hydroxylation is 1. The molecule has 1 unspecified atom stereocenters. The summed E-state index contributed by atoms with van der Waals surface area (Å²) in [4.78, 5) is 0. The number of nitrogens with one attached hydrogen (secondary N) is 1. The third kappa shape index (κ3) is 3.50. The minimum atomic E-state index is 0.779. The Hall–Kier alpha value is -0.830. The third-order valence-electron chi connectivity index (χ3n) is 2.67. The van der Waals surface area contributed by atoms with Crippen LogP contribution in [0.2, 0.25) is 0 Å². The number of hydrogen-bond acceptors (Lipinski definition) is 2. The van der Waals surface area contributed by atoms with Crippen LogP contribution >= 0.6 is 0 Å². The lowest BCUT2D eigenvalue weighted by molar-refractivity contribution is 0.499. The van der Waals surface area contributed by atoms with Gasteiger partial charge in [-0.1, -0.05) is 20.3 Å². The lowest BCUT2D eigenvalue weighted by Gasteiger charge is -2.09. The highest BCUT2D eigenvalue weighted by Crippen LogP contribution is 1.99. The minimum Gasteiger partial charge on any atom is -0.316 e. The van der Waals surface area contributed by atoms with Crippen molar-refractivity contribution >= 4 is 0 Å². The van der Waals surface area contributed by atoms with Crippen molar-refractivity contribution in [1.82, 2.24) is 15.1 Å². The molecular formula is C11H21N3. The lowest BCUT2D eigenvalue weighted by Crippen LogP contribution is -2.23. The number of rotatable bonds is 6. The highest BCUT2D eigenvalue weighted by Gasteiger charge is 1.99. The smallest absolute Gasteiger partial charge is 0.0492 e. The first-order chi connectivity index (χ1) is 6.74. The van der Waals surface area contributed by atoms with Gasteiger partial charge in [0.15, 0.2) is 0 Å². The zero-order valence-electron chi connectivity index (χ0n) is 9.45. The average molecular weight is 195 g/mol. The molecule has 3 heteroatoms. The Morgan fingerprint density at radius 3 is 2.93 bits per heavy atom. The van der Waals surface area contributed by atoms with E-state index in [1.54, 1.807) is 0 Å². The van der Waals surface area contributed by atoms with Crippen LogP contribution in [0.4, 0.5) is 0 Å². The molecule has 1 atom stereocenters. The molecule has 80 valence electrons. The van der Waals surface area contributed by atoms with Gasteiger partial charge >= 0.3 is 0 Å². The van der Waals surface area contributed by atoms with Crippen LogP contribution in [-0.4, -0.2) is 22.9 Å². The van der Waals surface area contributed by atoms with Crippen molar-refractivity contribution in [1.29, 1.82) is 0 Å². The highest BCUT2D eigenvalue weighted by atomic mass is 15.3. The molecule has 0 spiro atoms. The molecule has 1 N–H and O–H groups in total. The van der Waals surface area contributed by atoms with Gasteiger partial charge in [-0.3, -0.25) is 4.68 Å². The predicted octanol–water partition coefficient (Wildman–Crippen LogP) is 1.60. The van der Waals surface area contributed by atoms with Crippen molar-refractivity contribution < 1.29 is 0 Å². The molecule has 0 fully saturated rings. The molecule has 0 aliphatic carbocycles. The molecule has 1 heterocycles. The fourth-order valence-electron chi connectivity index (χ4n) is 1.36. The summed E-state index contributed by atoms with van der Waals surface area (Å²) >= 11 is 0. The van der Waals surface area contributed by atoms with Gasteiger partial charge in [0.05, 0.1) is 0 Å². The Morgan fingerprint density at radius 2 is 2.36 bits per heavy atom. The summed E-state index contributed by atoms with van der Waals surface area (Å²) in [6.45, 7) is 6.67. The van der Waals surface area contributed by atoms with Crippen molar-refractivity contribution in [2.75, 3.05) is 13.1 Å². The standard InChI is InChI=1S/C11H21N3/c1-4-10(2)9-12-7-5-11-6-8-13-14(11)3/h6,8,10,12H,4-5,7,9H2,1-3H3. The predicted molar refractivity (Wildman–Crippen MR) is 59.2 cm³/mol. The second-order valence-electron chi connectivity index (χ2n) is 3.91. The quantitative estimate of drug-likeness (QED) is 0.699. The molecule has 0 bridgehead atoms. The summed E-state index contributed by atoms with van der Waals surface area (Å²) in [6.07, 6.45) is 4.16. The van der Waals surface area contributed by atoms with E-state index < -0.39 is 0 Å². The maximum absolute atomic E-state index is 4.14. The topological polar surface area (TPSA) is 29.9 Å². The van der Waals surface area contributed by atoms with Crippen molar-refractivity contribution in [3.8, 4) is 0 Å². The van der Waals surface area contributed by atoms with Crippen LogP contribution in [0.1, 0.15) is 26.0 Å². The average Bonchev–Trinajstić information content (AvgIpc) is 2.58. The fraction of sp³-hybridized carbons (Fsp3) is 0.727. The number of aromatic nitrogens is 2. The van der Waals surface area contributed by atoms with E-state index in [4.69, 9.17) is 0 Å². The van der Waals surface area contributed by atoms with Gasteiger partial charge in [0, 0.05) is 31.9 Å². The molecule has 0 saturated heterocycles. The Kier molecular flexibility index (Phi) is 4.66. The lowest BCUT2D eigenvalue weighted by atomic mass is 10.1. The molecule has 1 aromatic heterocycles. The van der Waals surface area contributed by atoms with Gasteiger partial charge in [0.1, 0.15) is 0 Å².